The first-order valence-corrected chi connectivity index (χ1v) is 5.22. The molecule has 0 radical (unpaired) electrons. The number of hydrogen-bond donors (Lipinski definition) is 2. The molecule has 0 unspecified atom stereocenters. The molecule has 0 saturated heterocycles. The van der Waals surface area contributed by atoms with Crippen LogP contribution in [0.25, 0.3) is 0 Å². The summed E-state index contributed by atoms with van der Waals surface area (Å²) in [7, 11) is 3.53. The number of rotatable bonds is 4. The van der Waals surface area contributed by atoms with E-state index in [2.05, 4.69) is 21.2 Å². The first-order valence-electron chi connectivity index (χ1n) is 4.42. The second kappa shape index (κ2) is 5.34. The quantitative estimate of drug-likeness (QED) is 0.864. The Morgan fingerprint density at radius 3 is 2.86 bits per heavy atom. The number of ether oxygens (including phenoxy) is 1. The van der Waals surface area contributed by atoms with Crippen molar-refractivity contribution < 1.29 is 4.74 Å². The third-order valence-electron chi connectivity index (χ3n) is 2.02. The summed E-state index contributed by atoms with van der Waals surface area (Å²) in [5, 5.41) is 3.04. The lowest BCUT2D eigenvalue weighted by Gasteiger charge is -2.15. The molecule has 0 saturated carbocycles. The first kappa shape index (κ1) is 11.5. The normalized spacial score (nSPS) is 12.6. The Hall–Kier alpha value is -0.580. The first-order chi connectivity index (χ1) is 6.69. The van der Waals surface area contributed by atoms with Crippen LogP contribution in [0, 0.1) is 0 Å². The van der Waals surface area contributed by atoms with Crippen molar-refractivity contribution in [3.63, 3.8) is 0 Å². The Labute approximate surface area is 92.8 Å². The van der Waals surface area contributed by atoms with Gasteiger partial charge in [0.25, 0.3) is 0 Å². The minimum Gasteiger partial charge on any atom is -0.496 e. The van der Waals surface area contributed by atoms with Crippen LogP contribution in [0.15, 0.2) is 22.7 Å². The van der Waals surface area contributed by atoms with E-state index in [4.69, 9.17) is 10.5 Å². The van der Waals surface area contributed by atoms with Gasteiger partial charge in [-0.25, -0.2) is 0 Å². The summed E-state index contributed by atoms with van der Waals surface area (Å²) in [6.45, 7) is 0.734. The van der Waals surface area contributed by atoms with Crippen molar-refractivity contribution in [3.05, 3.63) is 28.2 Å². The predicted molar refractivity (Wildman–Crippen MR) is 61.5 cm³/mol. The molecular formula is C10H15BrN2O. The third-order valence-corrected chi connectivity index (χ3v) is 2.51. The Kier molecular flexibility index (Phi) is 4.38. The average Bonchev–Trinajstić information content (AvgIpc) is 2.17. The molecule has 0 amide bonds. The number of nitrogens with two attached hydrogens (primary N) is 1. The molecule has 1 rings (SSSR count). The summed E-state index contributed by atoms with van der Waals surface area (Å²) in [5.41, 5.74) is 6.99. The fourth-order valence-corrected chi connectivity index (χ4v) is 1.66. The highest BCUT2D eigenvalue weighted by Crippen LogP contribution is 2.27. The zero-order valence-electron chi connectivity index (χ0n) is 8.38. The topological polar surface area (TPSA) is 47.3 Å². The van der Waals surface area contributed by atoms with E-state index in [0.717, 1.165) is 22.3 Å². The van der Waals surface area contributed by atoms with E-state index in [9.17, 15) is 0 Å². The molecule has 0 aromatic heterocycles. The Bertz CT molecular complexity index is 304. The van der Waals surface area contributed by atoms with E-state index in [1.54, 1.807) is 7.11 Å². The van der Waals surface area contributed by atoms with Gasteiger partial charge < -0.3 is 15.8 Å². The van der Waals surface area contributed by atoms with Crippen LogP contribution in [0.4, 0.5) is 0 Å². The maximum atomic E-state index is 5.97. The van der Waals surface area contributed by atoms with Crippen molar-refractivity contribution in [3.8, 4) is 5.75 Å². The smallest absolute Gasteiger partial charge is 0.124 e. The molecule has 1 aromatic rings. The van der Waals surface area contributed by atoms with Crippen LogP contribution in [0.1, 0.15) is 11.6 Å². The molecule has 0 fully saturated rings. The van der Waals surface area contributed by atoms with Gasteiger partial charge in [0.05, 0.1) is 7.11 Å². The van der Waals surface area contributed by atoms with E-state index >= 15 is 0 Å². The van der Waals surface area contributed by atoms with E-state index in [0.29, 0.717) is 0 Å². The minimum absolute atomic E-state index is 0.0388. The summed E-state index contributed by atoms with van der Waals surface area (Å²) >= 11 is 3.39. The summed E-state index contributed by atoms with van der Waals surface area (Å²) in [6.07, 6.45) is 0. The standard InChI is InChI=1S/C10H15BrN2O/c1-13-6-9(12)8-4-3-7(11)5-10(8)14-2/h3-5,9,13H,6,12H2,1-2H3/t9-/m0/s1. The maximum Gasteiger partial charge on any atom is 0.124 e. The second-order valence-electron chi connectivity index (χ2n) is 3.05. The van der Waals surface area contributed by atoms with Gasteiger partial charge in [-0.3, -0.25) is 0 Å². The lowest BCUT2D eigenvalue weighted by molar-refractivity contribution is 0.404. The molecule has 1 aromatic carbocycles. The van der Waals surface area contributed by atoms with Gasteiger partial charge in [0.2, 0.25) is 0 Å². The van der Waals surface area contributed by atoms with Gasteiger partial charge in [-0.1, -0.05) is 22.0 Å². The SMILES string of the molecule is CNC[C@H](N)c1ccc(Br)cc1OC. The number of benzene rings is 1. The third kappa shape index (κ3) is 2.70. The molecular weight excluding hydrogens is 244 g/mol. The zero-order chi connectivity index (χ0) is 10.6. The Morgan fingerprint density at radius 1 is 1.57 bits per heavy atom. The lowest BCUT2D eigenvalue weighted by atomic mass is 10.1. The molecule has 0 spiro atoms. The predicted octanol–water partition coefficient (Wildman–Crippen LogP) is 1.68. The van der Waals surface area contributed by atoms with Crippen molar-refractivity contribution in [2.75, 3.05) is 20.7 Å². The summed E-state index contributed by atoms with van der Waals surface area (Å²) in [5.74, 6) is 0.821. The molecule has 3 N–H and O–H groups in total. The van der Waals surface area contributed by atoms with Crippen molar-refractivity contribution in [1.29, 1.82) is 0 Å². The molecule has 0 heterocycles. The number of halogens is 1. The van der Waals surface area contributed by atoms with Gasteiger partial charge in [0, 0.05) is 22.6 Å². The summed E-state index contributed by atoms with van der Waals surface area (Å²) < 4.78 is 6.25. The van der Waals surface area contributed by atoms with E-state index in [1.165, 1.54) is 0 Å². The van der Waals surface area contributed by atoms with E-state index in [-0.39, 0.29) is 6.04 Å². The van der Waals surface area contributed by atoms with Gasteiger partial charge in [-0.2, -0.15) is 0 Å². The highest BCUT2D eigenvalue weighted by Gasteiger charge is 2.10. The largest absolute Gasteiger partial charge is 0.496 e. The maximum absolute atomic E-state index is 5.97. The molecule has 1 atom stereocenters. The van der Waals surface area contributed by atoms with Crippen LogP contribution in [-0.4, -0.2) is 20.7 Å². The van der Waals surface area contributed by atoms with Crippen LogP contribution in [0.2, 0.25) is 0 Å². The molecule has 0 bridgehead atoms. The van der Waals surface area contributed by atoms with Gasteiger partial charge in [0.15, 0.2) is 0 Å². The van der Waals surface area contributed by atoms with Crippen LogP contribution >= 0.6 is 15.9 Å². The van der Waals surface area contributed by atoms with Crippen molar-refractivity contribution in [2.24, 2.45) is 5.73 Å². The van der Waals surface area contributed by atoms with Gasteiger partial charge in [-0.05, 0) is 19.2 Å². The Balaban J connectivity index is 2.95. The van der Waals surface area contributed by atoms with Crippen LogP contribution < -0.4 is 15.8 Å². The highest BCUT2D eigenvalue weighted by atomic mass is 79.9. The lowest BCUT2D eigenvalue weighted by Crippen LogP contribution is -2.24. The monoisotopic (exact) mass is 258 g/mol. The summed E-state index contributed by atoms with van der Waals surface area (Å²) in [4.78, 5) is 0. The average molecular weight is 259 g/mol. The van der Waals surface area contributed by atoms with Gasteiger partial charge in [-0.15, -0.1) is 0 Å². The van der Waals surface area contributed by atoms with Crippen LogP contribution in [-0.2, 0) is 0 Å². The highest BCUT2D eigenvalue weighted by molar-refractivity contribution is 9.10. The van der Waals surface area contributed by atoms with E-state index in [1.807, 2.05) is 25.2 Å². The molecule has 14 heavy (non-hydrogen) atoms. The number of methoxy groups -OCH3 is 1. The fraction of sp³-hybridized carbons (Fsp3) is 0.400. The number of nitrogens with one attached hydrogen (secondary N) is 1. The molecule has 0 aliphatic carbocycles. The van der Waals surface area contributed by atoms with Crippen molar-refractivity contribution >= 4 is 15.9 Å². The summed E-state index contributed by atoms with van der Waals surface area (Å²) in [6, 6.07) is 5.83. The molecule has 0 aliphatic heterocycles. The molecule has 3 nitrogen and oxygen atoms in total. The number of likely N-dealkylation sites (N-methyl/N-ethyl adjacent to an activating group) is 1. The zero-order valence-corrected chi connectivity index (χ0v) is 9.97. The van der Waals surface area contributed by atoms with E-state index < -0.39 is 0 Å². The second-order valence-corrected chi connectivity index (χ2v) is 3.97. The fourth-order valence-electron chi connectivity index (χ4n) is 1.32. The Morgan fingerprint density at radius 2 is 2.29 bits per heavy atom. The van der Waals surface area contributed by atoms with Crippen LogP contribution in [0.3, 0.4) is 0 Å². The van der Waals surface area contributed by atoms with Gasteiger partial charge >= 0.3 is 0 Å². The van der Waals surface area contributed by atoms with Crippen molar-refractivity contribution in [2.45, 2.75) is 6.04 Å². The molecule has 4 heteroatoms. The van der Waals surface area contributed by atoms with Gasteiger partial charge in [0.1, 0.15) is 5.75 Å². The number of hydrogen-bond acceptors (Lipinski definition) is 3. The van der Waals surface area contributed by atoms with Crippen molar-refractivity contribution in [1.82, 2.24) is 5.32 Å². The minimum atomic E-state index is -0.0388. The molecule has 0 aliphatic rings. The van der Waals surface area contributed by atoms with Crippen LogP contribution in [0.5, 0.6) is 5.75 Å². The molecule has 78 valence electrons.